The van der Waals surface area contributed by atoms with E-state index in [-0.39, 0.29) is 0 Å². The number of hydrogen-bond donors (Lipinski definition) is 1. The Morgan fingerprint density at radius 2 is 2.29 bits per heavy atom. The van der Waals surface area contributed by atoms with E-state index >= 15 is 0 Å². The van der Waals surface area contributed by atoms with E-state index in [1.165, 1.54) is 0 Å². The lowest BCUT2D eigenvalue weighted by Gasteiger charge is -2.08. The molecule has 1 aromatic carbocycles. The van der Waals surface area contributed by atoms with Gasteiger partial charge in [-0.25, -0.2) is 0 Å². The molecule has 0 saturated heterocycles. The van der Waals surface area contributed by atoms with E-state index in [9.17, 15) is 5.11 Å². The van der Waals surface area contributed by atoms with E-state index in [1.54, 1.807) is 6.20 Å². The van der Waals surface area contributed by atoms with Gasteiger partial charge in [-0.1, -0.05) is 28.1 Å². The van der Waals surface area contributed by atoms with Crippen LogP contribution in [0.25, 0.3) is 0 Å². The second-order valence-electron chi connectivity index (χ2n) is 3.98. The average molecular weight is 295 g/mol. The summed E-state index contributed by atoms with van der Waals surface area (Å²) in [4.78, 5) is 0. The number of aromatic nitrogens is 2. The van der Waals surface area contributed by atoms with Crippen molar-refractivity contribution in [2.75, 3.05) is 0 Å². The van der Waals surface area contributed by atoms with Crippen LogP contribution >= 0.6 is 15.9 Å². The molecule has 0 amide bonds. The fourth-order valence-corrected chi connectivity index (χ4v) is 2.18. The molecular weight excluding hydrogens is 280 g/mol. The fraction of sp³-hybridized carbons (Fsp3) is 0.308. The largest absolute Gasteiger partial charge is 0.388 e. The second-order valence-corrected chi connectivity index (χ2v) is 4.89. The molecule has 1 unspecified atom stereocenters. The first-order valence-electron chi connectivity index (χ1n) is 5.64. The van der Waals surface area contributed by atoms with Gasteiger partial charge in [0, 0.05) is 29.2 Å². The molecule has 1 aromatic heterocycles. The van der Waals surface area contributed by atoms with Crippen LogP contribution in [0.2, 0.25) is 0 Å². The standard InChI is InChI=1S/C13H15BrN2O/c1-2-16-9-11(8-15-16)13(17)7-10-4-3-5-12(14)6-10/h3-6,8-9,13,17H,2,7H2,1H3. The molecule has 0 radical (unpaired) electrons. The van der Waals surface area contributed by atoms with Crippen molar-refractivity contribution >= 4 is 15.9 Å². The number of hydrogen-bond acceptors (Lipinski definition) is 2. The van der Waals surface area contributed by atoms with Gasteiger partial charge in [0.25, 0.3) is 0 Å². The van der Waals surface area contributed by atoms with Crippen LogP contribution in [0.5, 0.6) is 0 Å². The summed E-state index contributed by atoms with van der Waals surface area (Å²) in [5.74, 6) is 0. The summed E-state index contributed by atoms with van der Waals surface area (Å²) in [5, 5.41) is 14.3. The van der Waals surface area contributed by atoms with Gasteiger partial charge in [-0.05, 0) is 24.6 Å². The van der Waals surface area contributed by atoms with Crippen LogP contribution in [0.1, 0.15) is 24.2 Å². The minimum Gasteiger partial charge on any atom is -0.388 e. The SMILES string of the molecule is CCn1cc(C(O)Cc2cccc(Br)c2)cn1. The minimum absolute atomic E-state index is 0.496. The van der Waals surface area contributed by atoms with Crippen LogP contribution in [0.3, 0.4) is 0 Å². The van der Waals surface area contributed by atoms with Gasteiger partial charge in [-0.15, -0.1) is 0 Å². The Balaban J connectivity index is 2.08. The predicted molar refractivity (Wildman–Crippen MR) is 70.7 cm³/mol. The highest BCUT2D eigenvalue weighted by molar-refractivity contribution is 9.10. The quantitative estimate of drug-likeness (QED) is 0.941. The minimum atomic E-state index is -0.496. The van der Waals surface area contributed by atoms with Crippen LogP contribution in [0, 0.1) is 0 Å². The van der Waals surface area contributed by atoms with E-state index in [0.29, 0.717) is 6.42 Å². The van der Waals surface area contributed by atoms with Gasteiger partial charge in [0.2, 0.25) is 0 Å². The molecule has 0 aliphatic heterocycles. The number of aliphatic hydroxyl groups is 1. The van der Waals surface area contributed by atoms with Crippen molar-refractivity contribution in [1.29, 1.82) is 0 Å². The lowest BCUT2D eigenvalue weighted by molar-refractivity contribution is 0.178. The smallest absolute Gasteiger partial charge is 0.0860 e. The number of benzene rings is 1. The topological polar surface area (TPSA) is 38.0 Å². The summed E-state index contributed by atoms with van der Waals surface area (Å²) < 4.78 is 2.85. The molecule has 17 heavy (non-hydrogen) atoms. The van der Waals surface area contributed by atoms with Crippen molar-refractivity contribution in [2.24, 2.45) is 0 Å². The zero-order valence-electron chi connectivity index (χ0n) is 9.68. The normalized spacial score (nSPS) is 12.6. The molecular formula is C13H15BrN2O. The predicted octanol–water partition coefficient (Wildman–Crippen LogP) is 2.94. The van der Waals surface area contributed by atoms with Gasteiger partial charge in [0.05, 0.1) is 12.3 Å². The van der Waals surface area contributed by atoms with Crippen LogP contribution in [-0.2, 0) is 13.0 Å². The third kappa shape index (κ3) is 3.17. The zero-order valence-corrected chi connectivity index (χ0v) is 11.3. The number of halogens is 1. The highest BCUT2D eigenvalue weighted by Crippen LogP contribution is 2.20. The first kappa shape index (κ1) is 12.3. The van der Waals surface area contributed by atoms with E-state index in [1.807, 2.05) is 42.1 Å². The van der Waals surface area contributed by atoms with Crippen LogP contribution < -0.4 is 0 Å². The molecule has 0 spiro atoms. The Hall–Kier alpha value is -1.13. The molecule has 3 nitrogen and oxygen atoms in total. The van der Waals surface area contributed by atoms with Gasteiger partial charge in [0.1, 0.15) is 0 Å². The van der Waals surface area contributed by atoms with E-state index in [0.717, 1.165) is 22.1 Å². The lowest BCUT2D eigenvalue weighted by atomic mass is 10.0. The highest BCUT2D eigenvalue weighted by Gasteiger charge is 2.10. The number of aryl methyl sites for hydroxylation is 1. The number of aliphatic hydroxyl groups excluding tert-OH is 1. The fourth-order valence-electron chi connectivity index (χ4n) is 1.73. The van der Waals surface area contributed by atoms with Crippen LogP contribution in [0.15, 0.2) is 41.1 Å². The Morgan fingerprint density at radius 3 is 2.94 bits per heavy atom. The number of rotatable bonds is 4. The van der Waals surface area contributed by atoms with Crippen molar-refractivity contribution in [2.45, 2.75) is 26.0 Å². The Morgan fingerprint density at radius 1 is 1.47 bits per heavy atom. The summed E-state index contributed by atoms with van der Waals surface area (Å²) in [5.41, 5.74) is 1.97. The zero-order chi connectivity index (χ0) is 12.3. The van der Waals surface area contributed by atoms with Crippen LogP contribution in [-0.4, -0.2) is 14.9 Å². The molecule has 0 aliphatic carbocycles. The molecule has 1 atom stereocenters. The Labute approximate surface area is 109 Å². The van der Waals surface area contributed by atoms with Gasteiger partial charge in [0.15, 0.2) is 0 Å². The molecule has 90 valence electrons. The van der Waals surface area contributed by atoms with Crippen molar-refractivity contribution in [3.8, 4) is 0 Å². The molecule has 2 aromatic rings. The number of nitrogens with zero attached hydrogens (tertiary/aromatic N) is 2. The van der Waals surface area contributed by atoms with Crippen LogP contribution in [0.4, 0.5) is 0 Å². The van der Waals surface area contributed by atoms with Gasteiger partial charge < -0.3 is 5.11 Å². The molecule has 0 aliphatic rings. The molecule has 0 fully saturated rings. The summed E-state index contributed by atoms with van der Waals surface area (Å²) >= 11 is 3.43. The molecule has 4 heteroatoms. The van der Waals surface area contributed by atoms with Gasteiger partial charge in [-0.3, -0.25) is 4.68 Å². The maximum atomic E-state index is 10.1. The van der Waals surface area contributed by atoms with Crippen molar-refractivity contribution in [3.05, 3.63) is 52.3 Å². The van der Waals surface area contributed by atoms with Crippen molar-refractivity contribution in [3.63, 3.8) is 0 Å². The van der Waals surface area contributed by atoms with Crippen molar-refractivity contribution in [1.82, 2.24) is 9.78 Å². The summed E-state index contributed by atoms with van der Waals surface area (Å²) in [7, 11) is 0. The molecule has 1 N–H and O–H groups in total. The molecule has 2 rings (SSSR count). The monoisotopic (exact) mass is 294 g/mol. The van der Waals surface area contributed by atoms with Gasteiger partial charge >= 0.3 is 0 Å². The maximum Gasteiger partial charge on any atom is 0.0860 e. The third-order valence-corrected chi connectivity index (χ3v) is 3.17. The Bertz CT molecular complexity index is 496. The summed E-state index contributed by atoms with van der Waals surface area (Å²) in [6.45, 7) is 2.85. The second kappa shape index (κ2) is 5.47. The molecule has 0 saturated carbocycles. The van der Waals surface area contributed by atoms with Gasteiger partial charge in [-0.2, -0.15) is 5.10 Å². The Kier molecular flexibility index (Phi) is 3.97. The molecule has 1 heterocycles. The summed E-state index contributed by atoms with van der Waals surface area (Å²) in [6.07, 6.45) is 3.73. The highest BCUT2D eigenvalue weighted by atomic mass is 79.9. The summed E-state index contributed by atoms with van der Waals surface area (Å²) in [6, 6.07) is 7.98. The first-order valence-corrected chi connectivity index (χ1v) is 6.43. The van der Waals surface area contributed by atoms with Crippen molar-refractivity contribution < 1.29 is 5.11 Å². The third-order valence-electron chi connectivity index (χ3n) is 2.68. The first-order chi connectivity index (χ1) is 8.19. The van der Waals surface area contributed by atoms with E-state index in [2.05, 4.69) is 21.0 Å². The maximum absolute atomic E-state index is 10.1. The molecule has 0 bridgehead atoms. The van der Waals surface area contributed by atoms with E-state index in [4.69, 9.17) is 0 Å². The average Bonchev–Trinajstić information content (AvgIpc) is 2.77. The lowest BCUT2D eigenvalue weighted by Crippen LogP contribution is -2.01. The van der Waals surface area contributed by atoms with E-state index < -0.39 is 6.10 Å².